The van der Waals surface area contributed by atoms with E-state index >= 15 is 0 Å². The van der Waals surface area contributed by atoms with E-state index in [4.69, 9.17) is 23.2 Å². The van der Waals surface area contributed by atoms with E-state index in [1.54, 1.807) is 12.1 Å². The minimum Gasteiger partial charge on any atom is -0.325 e. The molecule has 0 spiro atoms. The molecule has 1 aliphatic rings. The fourth-order valence-corrected chi connectivity index (χ4v) is 2.58. The monoisotopic (exact) mass is 300 g/mol. The Morgan fingerprint density at radius 1 is 1.26 bits per heavy atom. The lowest BCUT2D eigenvalue weighted by atomic mass is 10.00. The zero-order valence-corrected chi connectivity index (χ0v) is 12.7. The number of nitrogens with one attached hydrogen (secondary N) is 1. The summed E-state index contributed by atoms with van der Waals surface area (Å²) >= 11 is 12.2. The lowest BCUT2D eigenvalue weighted by molar-refractivity contribution is 0.186. The summed E-state index contributed by atoms with van der Waals surface area (Å²) in [6, 6.07) is 3.36. The molecule has 5 heteroatoms. The maximum atomic E-state index is 12.1. The van der Waals surface area contributed by atoms with E-state index in [0.29, 0.717) is 21.7 Å². The number of benzene rings is 1. The summed E-state index contributed by atoms with van der Waals surface area (Å²) in [6.07, 6.45) is 2.10. The molecule has 0 bridgehead atoms. The third-order valence-electron chi connectivity index (χ3n) is 3.56. The molecular formula is C14H18Cl2N2O. The first-order chi connectivity index (χ1) is 8.97. The molecule has 1 N–H and O–H groups in total. The zero-order valence-electron chi connectivity index (χ0n) is 11.2. The van der Waals surface area contributed by atoms with Crippen LogP contribution >= 0.6 is 23.2 Å². The molecule has 1 fully saturated rings. The molecule has 104 valence electrons. The Bertz CT molecular complexity index is 483. The molecule has 1 aromatic rings. The number of anilines is 1. The first-order valence-electron chi connectivity index (χ1n) is 6.49. The summed E-state index contributed by atoms with van der Waals surface area (Å²) in [5, 5.41) is 3.95. The predicted molar refractivity (Wildman–Crippen MR) is 80.2 cm³/mol. The molecule has 1 aromatic carbocycles. The van der Waals surface area contributed by atoms with Crippen LogP contribution in [0.15, 0.2) is 12.1 Å². The lowest BCUT2D eigenvalue weighted by Crippen LogP contribution is -2.40. The second kappa shape index (κ2) is 6.02. The number of carbonyl (C=O) groups is 1. The van der Waals surface area contributed by atoms with Gasteiger partial charge in [-0.15, -0.1) is 0 Å². The molecule has 0 unspecified atom stereocenters. The topological polar surface area (TPSA) is 32.3 Å². The highest BCUT2D eigenvalue weighted by atomic mass is 35.5. The van der Waals surface area contributed by atoms with Crippen LogP contribution in [0.2, 0.25) is 10.0 Å². The van der Waals surface area contributed by atoms with E-state index in [2.05, 4.69) is 12.2 Å². The van der Waals surface area contributed by atoms with Crippen LogP contribution < -0.4 is 5.32 Å². The Labute approximate surface area is 123 Å². The van der Waals surface area contributed by atoms with Gasteiger partial charge < -0.3 is 10.2 Å². The van der Waals surface area contributed by atoms with Gasteiger partial charge in [0.15, 0.2) is 0 Å². The van der Waals surface area contributed by atoms with Gasteiger partial charge in [0.05, 0.1) is 10.7 Å². The summed E-state index contributed by atoms with van der Waals surface area (Å²) in [5.41, 5.74) is 1.47. The summed E-state index contributed by atoms with van der Waals surface area (Å²) in [5.74, 6) is 0.696. The number of carbonyl (C=O) groups excluding carboxylic acids is 1. The fourth-order valence-electron chi connectivity index (χ4n) is 2.15. The second-order valence-corrected chi connectivity index (χ2v) is 6.00. The van der Waals surface area contributed by atoms with Crippen LogP contribution in [0.25, 0.3) is 0 Å². The van der Waals surface area contributed by atoms with E-state index in [1.807, 2.05) is 11.8 Å². The van der Waals surface area contributed by atoms with Gasteiger partial charge in [0.2, 0.25) is 0 Å². The van der Waals surface area contributed by atoms with E-state index in [9.17, 15) is 4.79 Å². The smallest absolute Gasteiger partial charge is 0.321 e. The molecule has 19 heavy (non-hydrogen) atoms. The SMILES string of the molecule is Cc1cc(Cl)c(NC(=O)N2CCC(C)CC2)cc1Cl. The van der Waals surface area contributed by atoms with Gasteiger partial charge in [0.1, 0.15) is 0 Å². The molecule has 1 heterocycles. The average molecular weight is 301 g/mol. The molecule has 1 saturated heterocycles. The molecule has 0 aliphatic carbocycles. The van der Waals surface area contributed by atoms with Crippen molar-refractivity contribution in [3.63, 3.8) is 0 Å². The highest BCUT2D eigenvalue weighted by molar-refractivity contribution is 6.36. The fraction of sp³-hybridized carbons (Fsp3) is 0.500. The third kappa shape index (κ3) is 3.54. The van der Waals surface area contributed by atoms with Gasteiger partial charge in [0, 0.05) is 18.1 Å². The Kier molecular flexibility index (Phi) is 4.58. The van der Waals surface area contributed by atoms with Crippen LogP contribution in [0, 0.1) is 12.8 Å². The first-order valence-corrected chi connectivity index (χ1v) is 7.24. The van der Waals surface area contributed by atoms with Crippen LogP contribution in [-0.4, -0.2) is 24.0 Å². The first kappa shape index (κ1) is 14.5. The number of nitrogens with zero attached hydrogens (tertiary/aromatic N) is 1. The van der Waals surface area contributed by atoms with Crippen molar-refractivity contribution >= 4 is 34.9 Å². The minimum atomic E-state index is -0.103. The van der Waals surface area contributed by atoms with Crippen molar-refractivity contribution in [2.75, 3.05) is 18.4 Å². The molecular weight excluding hydrogens is 283 g/mol. The van der Waals surface area contributed by atoms with Gasteiger partial charge in [-0.25, -0.2) is 4.79 Å². The van der Waals surface area contributed by atoms with Crippen molar-refractivity contribution in [1.29, 1.82) is 0 Å². The molecule has 0 radical (unpaired) electrons. The number of urea groups is 1. The normalized spacial score (nSPS) is 16.5. The van der Waals surface area contributed by atoms with Crippen LogP contribution in [-0.2, 0) is 0 Å². The van der Waals surface area contributed by atoms with Gasteiger partial charge in [0.25, 0.3) is 0 Å². The maximum Gasteiger partial charge on any atom is 0.321 e. The van der Waals surface area contributed by atoms with E-state index in [1.165, 1.54) is 0 Å². The molecule has 0 aromatic heterocycles. The maximum absolute atomic E-state index is 12.1. The van der Waals surface area contributed by atoms with Crippen LogP contribution in [0.3, 0.4) is 0 Å². The van der Waals surface area contributed by atoms with Crippen LogP contribution in [0.4, 0.5) is 10.5 Å². The number of hydrogen-bond acceptors (Lipinski definition) is 1. The summed E-state index contributed by atoms with van der Waals surface area (Å²) in [7, 11) is 0. The highest BCUT2D eigenvalue weighted by Crippen LogP contribution is 2.29. The van der Waals surface area contributed by atoms with Crippen LogP contribution in [0.1, 0.15) is 25.3 Å². The van der Waals surface area contributed by atoms with Crippen LogP contribution in [0.5, 0.6) is 0 Å². The molecule has 1 aliphatic heterocycles. The Balaban J connectivity index is 2.05. The standard InChI is InChI=1S/C14H18Cl2N2O/c1-9-3-5-18(6-4-9)14(19)17-13-8-11(15)10(2)7-12(13)16/h7-9H,3-6H2,1-2H3,(H,17,19). The summed E-state index contributed by atoms with van der Waals surface area (Å²) in [4.78, 5) is 14.0. The number of rotatable bonds is 1. The predicted octanol–water partition coefficient (Wildman–Crippen LogP) is 4.57. The number of aryl methyl sites for hydroxylation is 1. The number of hydrogen-bond donors (Lipinski definition) is 1. The second-order valence-electron chi connectivity index (χ2n) is 5.18. The van der Waals surface area contributed by atoms with Gasteiger partial charge in [-0.2, -0.15) is 0 Å². The van der Waals surface area contributed by atoms with E-state index in [0.717, 1.165) is 31.5 Å². The zero-order chi connectivity index (χ0) is 14.0. The third-order valence-corrected chi connectivity index (χ3v) is 4.28. The van der Waals surface area contributed by atoms with Gasteiger partial charge >= 0.3 is 6.03 Å². The number of amides is 2. The van der Waals surface area contributed by atoms with Gasteiger partial charge in [-0.05, 0) is 43.4 Å². The number of likely N-dealkylation sites (tertiary alicyclic amines) is 1. The van der Waals surface area contributed by atoms with Crippen molar-refractivity contribution in [3.05, 3.63) is 27.7 Å². The van der Waals surface area contributed by atoms with Gasteiger partial charge in [-0.1, -0.05) is 30.1 Å². The molecule has 0 atom stereocenters. The Morgan fingerprint density at radius 3 is 2.53 bits per heavy atom. The van der Waals surface area contributed by atoms with Crippen molar-refractivity contribution in [3.8, 4) is 0 Å². The van der Waals surface area contributed by atoms with Crippen molar-refractivity contribution in [1.82, 2.24) is 4.90 Å². The number of halogens is 2. The molecule has 2 amide bonds. The quantitative estimate of drug-likeness (QED) is 0.810. The average Bonchev–Trinajstić information content (AvgIpc) is 2.36. The molecule has 0 saturated carbocycles. The summed E-state index contributed by atoms with van der Waals surface area (Å²) < 4.78 is 0. The Morgan fingerprint density at radius 2 is 1.89 bits per heavy atom. The lowest BCUT2D eigenvalue weighted by Gasteiger charge is -2.30. The molecule has 3 nitrogen and oxygen atoms in total. The highest BCUT2D eigenvalue weighted by Gasteiger charge is 2.20. The largest absolute Gasteiger partial charge is 0.325 e. The van der Waals surface area contributed by atoms with E-state index < -0.39 is 0 Å². The number of piperidine rings is 1. The molecule has 2 rings (SSSR count). The van der Waals surface area contributed by atoms with Gasteiger partial charge in [-0.3, -0.25) is 0 Å². The van der Waals surface area contributed by atoms with Crippen molar-refractivity contribution < 1.29 is 4.79 Å². The Hall–Kier alpha value is -0.930. The minimum absolute atomic E-state index is 0.103. The summed E-state index contributed by atoms with van der Waals surface area (Å²) in [6.45, 7) is 5.69. The van der Waals surface area contributed by atoms with Crippen molar-refractivity contribution in [2.45, 2.75) is 26.7 Å². The van der Waals surface area contributed by atoms with Crippen molar-refractivity contribution in [2.24, 2.45) is 5.92 Å². The van der Waals surface area contributed by atoms with E-state index in [-0.39, 0.29) is 6.03 Å².